The zero-order chi connectivity index (χ0) is 9.97. The number of aldehydes is 1. The molecule has 1 aromatic carbocycles. The highest BCUT2D eigenvalue weighted by molar-refractivity contribution is 7.16. The molecule has 70 valence electrons. The molecule has 0 aliphatic carbocycles. The van der Waals surface area contributed by atoms with Gasteiger partial charge in [-0.3, -0.25) is 4.79 Å². The van der Waals surface area contributed by atoms with E-state index in [0.29, 0.717) is 4.88 Å². The van der Waals surface area contributed by atoms with Crippen molar-refractivity contribution in [3.8, 4) is 16.3 Å². The van der Waals surface area contributed by atoms with Gasteiger partial charge < -0.3 is 5.11 Å². The van der Waals surface area contributed by atoms with Gasteiger partial charge in [-0.15, -0.1) is 11.3 Å². The molecule has 0 spiro atoms. The number of nitrogens with zero attached hydrogens (tertiary/aromatic N) is 1. The van der Waals surface area contributed by atoms with Crippen molar-refractivity contribution in [2.45, 2.75) is 0 Å². The molecule has 2 aromatic rings. The standard InChI is InChI=1S/C10H7NO2S/c12-6-9-5-11-10(14-9)7-1-3-8(13)4-2-7/h1-6,13H. The minimum absolute atomic E-state index is 0.223. The molecule has 0 aliphatic rings. The van der Waals surface area contributed by atoms with Crippen LogP contribution in [0.2, 0.25) is 0 Å². The number of phenols is 1. The molecule has 14 heavy (non-hydrogen) atoms. The largest absolute Gasteiger partial charge is 0.508 e. The molecule has 0 fully saturated rings. The van der Waals surface area contributed by atoms with Crippen molar-refractivity contribution in [2.75, 3.05) is 0 Å². The Morgan fingerprint density at radius 2 is 2.00 bits per heavy atom. The molecule has 1 aromatic heterocycles. The van der Waals surface area contributed by atoms with Gasteiger partial charge in [0.25, 0.3) is 0 Å². The van der Waals surface area contributed by atoms with Crippen LogP contribution < -0.4 is 0 Å². The van der Waals surface area contributed by atoms with E-state index < -0.39 is 0 Å². The average molecular weight is 205 g/mol. The van der Waals surface area contributed by atoms with Crippen molar-refractivity contribution in [1.82, 2.24) is 4.98 Å². The highest BCUT2D eigenvalue weighted by Gasteiger charge is 2.03. The highest BCUT2D eigenvalue weighted by atomic mass is 32.1. The zero-order valence-electron chi connectivity index (χ0n) is 7.18. The minimum Gasteiger partial charge on any atom is -0.508 e. The summed E-state index contributed by atoms with van der Waals surface area (Å²) in [5.74, 6) is 0.223. The van der Waals surface area contributed by atoms with Crippen molar-refractivity contribution in [3.63, 3.8) is 0 Å². The lowest BCUT2D eigenvalue weighted by molar-refractivity contribution is 0.112. The predicted octanol–water partition coefficient (Wildman–Crippen LogP) is 2.33. The van der Waals surface area contributed by atoms with Crippen LogP contribution in [0.15, 0.2) is 30.5 Å². The third-order valence-corrected chi connectivity index (χ3v) is 2.73. The molecule has 0 saturated carbocycles. The van der Waals surface area contributed by atoms with Crippen LogP contribution in [-0.4, -0.2) is 16.4 Å². The lowest BCUT2D eigenvalue weighted by Crippen LogP contribution is -1.73. The minimum atomic E-state index is 0.223. The molecule has 0 saturated heterocycles. The monoisotopic (exact) mass is 205 g/mol. The molecule has 0 bridgehead atoms. The third kappa shape index (κ3) is 1.65. The zero-order valence-corrected chi connectivity index (χ0v) is 7.99. The van der Waals surface area contributed by atoms with E-state index in [2.05, 4.69) is 4.98 Å². The maximum absolute atomic E-state index is 10.4. The quantitative estimate of drug-likeness (QED) is 0.765. The van der Waals surface area contributed by atoms with Crippen LogP contribution in [0.1, 0.15) is 9.67 Å². The van der Waals surface area contributed by atoms with E-state index in [1.54, 1.807) is 30.5 Å². The molecule has 0 aliphatic heterocycles. The van der Waals surface area contributed by atoms with Crippen molar-refractivity contribution in [1.29, 1.82) is 0 Å². The fourth-order valence-corrected chi connectivity index (χ4v) is 1.81. The predicted molar refractivity (Wildman–Crippen MR) is 54.6 cm³/mol. The first-order valence-corrected chi connectivity index (χ1v) is 4.81. The first kappa shape index (κ1) is 8.90. The summed E-state index contributed by atoms with van der Waals surface area (Å²) in [5, 5.41) is 9.87. The number of carbonyl (C=O) groups is 1. The van der Waals surface area contributed by atoms with E-state index in [4.69, 9.17) is 5.11 Å². The van der Waals surface area contributed by atoms with Gasteiger partial charge >= 0.3 is 0 Å². The Bertz CT molecular complexity index is 447. The summed E-state index contributed by atoms with van der Waals surface area (Å²) in [6, 6.07) is 6.72. The fourth-order valence-electron chi connectivity index (χ4n) is 1.08. The summed E-state index contributed by atoms with van der Waals surface area (Å²) in [5.41, 5.74) is 0.904. The molecule has 0 radical (unpaired) electrons. The van der Waals surface area contributed by atoms with E-state index >= 15 is 0 Å². The number of aromatic nitrogens is 1. The van der Waals surface area contributed by atoms with Gasteiger partial charge in [0.2, 0.25) is 0 Å². The second-order valence-electron chi connectivity index (χ2n) is 2.73. The van der Waals surface area contributed by atoms with Crippen LogP contribution in [-0.2, 0) is 0 Å². The SMILES string of the molecule is O=Cc1cnc(-c2ccc(O)cc2)s1. The summed E-state index contributed by atoms with van der Waals surface area (Å²) in [6.07, 6.45) is 2.32. The molecule has 3 nitrogen and oxygen atoms in total. The molecule has 4 heteroatoms. The number of aromatic hydroxyl groups is 1. The molecular weight excluding hydrogens is 198 g/mol. The molecule has 2 rings (SSSR count). The number of rotatable bonds is 2. The van der Waals surface area contributed by atoms with Gasteiger partial charge in [-0.1, -0.05) is 0 Å². The fraction of sp³-hybridized carbons (Fsp3) is 0. The van der Waals surface area contributed by atoms with Crippen LogP contribution in [0.5, 0.6) is 5.75 Å². The van der Waals surface area contributed by atoms with E-state index in [1.165, 1.54) is 11.3 Å². The average Bonchev–Trinajstić information content (AvgIpc) is 2.67. The summed E-state index contributed by atoms with van der Waals surface area (Å²) >= 11 is 1.33. The van der Waals surface area contributed by atoms with Gasteiger partial charge in [0, 0.05) is 11.8 Å². The first-order chi connectivity index (χ1) is 6.79. The van der Waals surface area contributed by atoms with Crippen molar-refractivity contribution < 1.29 is 9.90 Å². The Balaban J connectivity index is 2.39. The van der Waals surface area contributed by atoms with Gasteiger partial charge in [-0.2, -0.15) is 0 Å². The van der Waals surface area contributed by atoms with Gasteiger partial charge in [0.1, 0.15) is 10.8 Å². The van der Waals surface area contributed by atoms with Crippen LogP contribution >= 0.6 is 11.3 Å². The number of thiazole rings is 1. The normalized spacial score (nSPS) is 10.0. The summed E-state index contributed by atoms with van der Waals surface area (Å²) in [4.78, 5) is 15.1. The molecule has 0 atom stereocenters. The highest BCUT2D eigenvalue weighted by Crippen LogP contribution is 2.25. The smallest absolute Gasteiger partial charge is 0.161 e. The van der Waals surface area contributed by atoms with Gasteiger partial charge in [0.15, 0.2) is 6.29 Å². The second-order valence-corrected chi connectivity index (χ2v) is 3.79. The lowest BCUT2D eigenvalue weighted by atomic mass is 10.2. The number of hydrogen-bond acceptors (Lipinski definition) is 4. The Hall–Kier alpha value is -1.68. The van der Waals surface area contributed by atoms with Crippen molar-refractivity contribution in [3.05, 3.63) is 35.3 Å². The van der Waals surface area contributed by atoms with Crippen LogP contribution in [0, 0.1) is 0 Å². The van der Waals surface area contributed by atoms with Crippen LogP contribution in [0.25, 0.3) is 10.6 Å². The third-order valence-electron chi connectivity index (χ3n) is 1.75. The molecule has 0 unspecified atom stereocenters. The first-order valence-electron chi connectivity index (χ1n) is 4.00. The van der Waals surface area contributed by atoms with E-state index in [9.17, 15) is 4.79 Å². The number of hydrogen-bond donors (Lipinski definition) is 1. The van der Waals surface area contributed by atoms with Gasteiger partial charge in [-0.25, -0.2) is 4.98 Å². The Morgan fingerprint density at radius 3 is 2.57 bits per heavy atom. The maximum Gasteiger partial charge on any atom is 0.161 e. The lowest BCUT2D eigenvalue weighted by Gasteiger charge is -1.95. The molecule has 1 heterocycles. The van der Waals surface area contributed by atoms with Crippen molar-refractivity contribution in [2.24, 2.45) is 0 Å². The van der Waals surface area contributed by atoms with Crippen molar-refractivity contribution >= 4 is 17.6 Å². The number of carbonyl (C=O) groups excluding carboxylic acids is 1. The Morgan fingerprint density at radius 1 is 1.29 bits per heavy atom. The molecular formula is C10H7NO2S. The number of phenolic OH excluding ortho intramolecular Hbond substituents is 1. The summed E-state index contributed by atoms with van der Waals surface area (Å²) < 4.78 is 0. The topological polar surface area (TPSA) is 50.2 Å². The molecule has 1 N–H and O–H groups in total. The number of benzene rings is 1. The van der Waals surface area contributed by atoms with Gasteiger partial charge in [0.05, 0.1) is 4.88 Å². The van der Waals surface area contributed by atoms with E-state index in [1.807, 2.05) is 0 Å². The van der Waals surface area contributed by atoms with Gasteiger partial charge in [-0.05, 0) is 24.3 Å². The Kier molecular flexibility index (Phi) is 2.28. The summed E-state index contributed by atoms with van der Waals surface area (Å²) in [6.45, 7) is 0. The van der Waals surface area contributed by atoms with Crippen LogP contribution in [0.4, 0.5) is 0 Å². The van der Waals surface area contributed by atoms with E-state index in [0.717, 1.165) is 16.9 Å². The molecule has 0 amide bonds. The maximum atomic E-state index is 10.4. The summed E-state index contributed by atoms with van der Waals surface area (Å²) in [7, 11) is 0. The second kappa shape index (κ2) is 3.59. The Labute approximate surface area is 84.7 Å². The van der Waals surface area contributed by atoms with E-state index in [-0.39, 0.29) is 5.75 Å². The van der Waals surface area contributed by atoms with Crippen LogP contribution in [0.3, 0.4) is 0 Å².